The van der Waals surface area contributed by atoms with Crippen LogP contribution >= 0.6 is 0 Å². The zero-order valence-corrected chi connectivity index (χ0v) is 18.6. The van der Waals surface area contributed by atoms with Crippen LogP contribution in [-0.4, -0.2) is 47.8 Å². The summed E-state index contributed by atoms with van der Waals surface area (Å²) in [4.78, 5) is 29.0. The van der Waals surface area contributed by atoms with E-state index in [0.717, 1.165) is 30.5 Å². The van der Waals surface area contributed by atoms with E-state index in [2.05, 4.69) is 10.2 Å². The number of hydrogen-bond donors (Lipinski definition) is 1. The van der Waals surface area contributed by atoms with Gasteiger partial charge in [-0.2, -0.15) is 0 Å². The summed E-state index contributed by atoms with van der Waals surface area (Å²) in [6, 6.07) is 14.2. The highest BCUT2D eigenvalue weighted by atomic mass is 19.1. The normalized spacial score (nSPS) is 16.9. The Kier molecular flexibility index (Phi) is 7.80. The van der Waals surface area contributed by atoms with Crippen LogP contribution in [0.1, 0.15) is 48.2 Å². The summed E-state index contributed by atoms with van der Waals surface area (Å²) < 4.78 is 13.4. The topological polar surface area (TPSA) is 52.7 Å². The van der Waals surface area contributed by atoms with Gasteiger partial charge in [-0.3, -0.25) is 14.5 Å². The molecule has 1 fully saturated rings. The first kappa shape index (κ1) is 22.9. The SMILES string of the molecule is CC(C)N(C)C(=O)c1ccc(CNC(=O)C2CCCN(Cc3cccc(F)c3)C2)cc1. The minimum Gasteiger partial charge on any atom is -0.352 e. The lowest BCUT2D eigenvalue weighted by atomic mass is 9.96. The summed E-state index contributed by atoms with van der Waals surface area (Å²) in [7, 11) is 1.79. The lowest BCUT2D eigenvalue weighted by Gasteiger charge is -2.32. The molecule has 0 aliphatic carbocycles. The van der Waals surface area contributed by atoms with E-state index in [1.807, 2.05) is 44.2 Å². The van der Waals surface area contributed by atoms with Gasteiger partial charge in [0.2, 0.25) is 5.91 Å². The summed E-state index contributed by atoms with van der Waals surface area (Å²) in [6.45, 7) is 6.65. The minimum absolute atomic E-state index is 0.00817. The molecular weight excluding hydrogens is 393 g/mol. The third-order valence-electron chi connectivity index (χ3n) is 5.93. The molecule has 1 aliphatic rings. The van der Waals surface area contributed by atoms with Crippen molar-refractivity contribution in [3.63, 3.8) is 0 Å². The Morgan fingerprint density at radius 3 is 2.58 bits per heavy atom. The van der Waals surface area contributed by atoms with Crippen molar-refractivity contribution in [1.82, 2.24) is 15.1 Å². The monoisotopic (exact) mass is 425 g/mol. The van der Waals surface area contributed by atoms with E-state index in [-0.39, 0.29) is 29.6 Å². The first-order valence-corrected chi connectivity index (χ1v) is 10.9. The van der Waals surface area contributed by atoms with Gasteiger partial charge in [0.15, 0.2) is 0 Å². The summed E-state index contributed by atoms with van der Waals surface area (Å²) in [5.41, 5.74) is 2.54. The number of carbonyl (C=O) groups excluding carboxylic acids is 2. The second-order valence-electron chi connectivity index (χ2n) is 8.63. The average molecular weight is 426 g/mol. The highest BCUT2D eigenvalue weighted by Crippen LogP contribution is 2.19. The van der Waals surface area contributed by atoms with Crippen LogP contribution in [0.5, 0.6) is 0 Å². The second-order valence-corrected chi connectivity index (χ2v) is 8.63. The van der Waals surface area contributed by atoms with E-state index in [4.69, 9.17) is 0 Å². The molecule has 0 bridgehead atoms. The van der Waals surface area contributed by atoms with Crippen LogP contribution in [0, 0.1) is 11.7 Å². The Hall–Kier alpha value is -2.73. The summed E-state index contributed by atoms with van der Waals surface area (Å²) in [5, 5.41) is 3.03. The number of hydrogen-bond acceptors (Lipinski definition) is 3. The first-order chi connectivity index (χ1) is 14.8. The zero-order chi connectivity index (χ0) is 22.4. The standard InChI is InChI=1S/C25H32FN3O2/c1-18(2)28(3)25(31)21-11-9-19(10-12-21)15-27-24(30)22-7-5-13-29(17-22)16-20-6-4-8-23(26)14-20/h4,6,8-12,14,18,22H,5,7,13,15-17H2,1-3H3,(H,27,30). The Bertz CT molecular complexity index is 898. The molecule has 1 heterocycles. The third-order valence-corrected chi connectivity index (χ3v) is 5.93. The molecule has 2 aromatic rings. The van der Waals surface area contributed by atoms with Crippen LogP contribution in [-0.2, 0) is 17.9 Å². The van der Waals surface area contributed by atoms with Crippen LogP contribution in [0.3, 0.4) is 0 Å². The van der Waals surface area contributed by atoms with Gasteiger partial charge in [-0.05, 0) is 68.6 Å². The maximum atomic E-state index is 13.4. The van der Waals surface area contributed by atoms with E-state index in [9.17, 15) is 14.0 Å². The molecule has 5 nitrogen and oxygen atoms in total. The summed E-state index contributed by atoms with van der Waals surface area (Å²) in [5.74, 6) is -0.259. The van der Waals surface area contributed by atoms with Gasteiger partial charge in [0.25, 0.3) is 5.91 Å². The number of carbonyl (C=O) groups is 2. The van der Waals surface area contributed by atoms with Crippen LogP contribution in [0.25, 0.3) is 0 Å². The van der Waals surface area contributed by atoms with Crippen molar-refractivity contribution < 1.29 is 14.0 Å². The number of rotatable bonds is 7. The highest BCUT2D eigenvalue weighted by molar-refractivity contribution is 5.94. The second kappa shape index (κ2) is 10.5. The van der Waals surface area contributed by atoms with Crippen molar-refractivity contribution in [2.75, 3.05) is 20.1 Å². The number of benzene rings is 2. The Balaban J connectivity index is 1.50. The molecule has 3 rings (SSSR count). The molecule has 1 saturated heterocycles. The van der Waals surface area contributed by atoms with Gasteiger partial charge in [0, 0.05) is 38.3 Å². The lowest BCUT2D eigenvalue weighted by molar-refractivity contribution is -0.126. The van der Waals surface area contributed by atoms with E-state index >= 15 is 0 Å². The molecule has 0 saturated carbocycles. The Morgan fingerprint density at radius 1 is 1.16 bits per heavy atom. The first-order valence-electron chi connectivity index (χ1n) is 10.9. The van der Waals surface area contributed by atoms with Gasteiger partial charge in [0.05, 0.1) is 5.92 Å². The minimum atomic E-state index is -0.229. The van der Waals surface area contributed by atoms with E-state index < -0.39 is 0 Å². The average Bonchev–Trinajstić information content (AvgIpc) is 2.77. The molecule has 2 aromatic carbocycles. The molecule has 1 N–H and O–H groups in total. The maximum Gasteiger partial charge on any atom is 0.253 e. The van der Waals surface area contributed by atoms with Crippen LogP contribution in [0.15, 0.2) is 48.5 Å². The van der Waals surface area contributed by atoms with E-state index in [1.165, 1.54) is 6.07 Å². The fourth-order valence-electron chi connectivity index (χ4n) is 3.84. The fourth-order valence-corrected chi connectivity index (χ4v) is 3.84. The van der Waals surface area contributed by atoms with Crippen molar-refractivity contribution in [1.29, 1.82) is 0 Å². The van der Waals surface area contributed by atoms with Gasteiger partial charge in [-0.15, -0.1) is 0 Å². The van der Waals surface area contributed by atoms with Gasteiger partial charge in [-0.1, -0.05) is 24.3 Å². The van der Waals surface area contributed by atoms with Crippen molar-refractivity contribution >= 4 is 11.8 Å². The third kappa shape index (κ3) is 6.37. The zero-order valence-electron chi connectivity index (χ0n) is 18.6. The van der Waals surface area contributed by atoms with E-state index in [1.54, 1.807) is 24.1 Å². The number of amides is 2. The molecule has 0 spiro atoms. The molecule has 6 heteroatoms. The predicted molar refractivity (Wildman–Crippen MR) is 120 cm³/mol. The number of nitrogens with zero attached hydrogens (tertiary/aromatic N) is 2. The Labute approximate surface area is 184 Å². The molecule has 166 valence electrons. The number of piperidine rings is 1. The smallest absolute Gasteiger partial charge is 0.253 e. The summed E-state index contributed by atoms with van der Waals surface area (Å²) >= 11 is 0. The quantitative estimate of drug-likeness (QED) is 0.734. The van der Waals surface area contributed by atoms with Gasteiger partial charge >= 0.3 is 0 Å². The number of likely N-dealkylation sites (tertiary alicyclic amines) is 1. The van der Waals surface area contributed by atoms with Crippen molar-refractivity contribution in [3.05, 3.63) is 71.0 Å². The van der Waals surface area contributed by atoms with Crippen molar-refractivity contribution in [2.45, 2.75) is 45.8 Å². The van der Waals surface area contributed by atoms with Crippen LogP contribution in [0.2, 0.25) is 0 Å². The van der Waals surface area contributed by atoms with Crippen LogP contribution < -0.4 is 5.32 Å². The van der Waals surface area contributed by atoms with Crippen molar-refractivity contribution in [2.24, 2.45) is 5.92 Å². The molecular formula is C25H32FN3O2. The van der Waals surface area contributed by atoms with Crippen molar-refractivity contribution in [3.8, 4) is 0 Å². The molecule has 31 heavy (non-hydrogen) atoms. The van der Waals surface area contributed by atoms with Gasteiger partial charge in [-0.25, -0.2) is 4.39 Å². The summed E-state index contributed by atoms with van der Waals surface area (Å²) in [6.07, 6.45) is 1.81. The molecule has 2 amide bonds. The largest absolute Gasteiger partial charge is 0.352 e. The molecule has 0 aromatic heterocycles. The number of halogens is 1. The molecule has 1 unspecified atom stereocenters. The van der Waals surface area contributed by atoms with E-state index in [0.29, 0.717) is 25.2 Å². The fraction of sp³-hybridized carbons (Fsp3) is 0.440. The van der Waals surface area contributed by atoms with Gasteiger partial charge in [0.1, 0.15) is 5.82 Å². The molecule has 1 aliphatic heterocycles. The van der Waals surface area contributed by atoms with Gasteiger partial charge < -0.3 is 10.2 Å². The molecule has 0 radical (unpaired) electrons. The lowest BCUT2D eigenvalue weighted by Crippen LogP contribution is -2.42. The maximum absolute atomic E-state index is 13.4. The number of nitrogens with one attached hydrogen (secondary N) is 1. The highest BCUT2D eigenvalue weighted by Gasteiger charge is 2.25. The Morgan fingerprint density at radius 2 is 1.90 bits per heavy atom. The van der Waals surface area contributed by atoms with Crippen LogP contribution in [0.4, 0.5) is 4.39 Å². The molecule has 1 atom stereocenters. The predicted octanol–water partition coefficient (Wildman–Crippen LogP) is 3.83.